The Hall–Kier alpha value is -1.44. The van der Waals surface area contributed by atoms with E-state index >= 15 is 0 Å². The molecule has 140 valence electrons. The number of rotatable bonds is 4. The summed E-state index contributed by atoms with van der Waals surface area (Å²) in [5, 5.41) is 4.88. The molecule has 3 rings (SSSR count). The van der Waals surface area contributed by atoms with Gasteiger partial charge in [-0.3, -0.25) is 0 Å². The third-order valence-electron chi connectivity index (χ3n) is 4.04. The minimum atomic E-state index is -3.66. The van der Waals surface area contributed by atoms with Gasteiger partial charge >= 0.3 is 0 Å². The van der Waals surface area contributed by atoms with Gasteiger partial charge in [-0.15, -0.1) is 12.4 Å². The second-order valence-corrected chi connectivity index (χ2v) is 8.00. The van der Waals surface area contributed by atoms with E-state index in [0.29, 0.717) is 35.8 Å². The van der Waals surface area contributed by atoms with Crippen LogP contribution in [0.4, 0.5) is 4.39 Å². The van der Waals surface area contributed by atoms with Gasteiger partial charge in [-0.2, -0.15) is 4.31 Å². The van der Waals surface area contributed by atoms with Crippen molar-refractivity contribution in [3.05, 3.63) is 75.9 Å². The monoisotopic (exact) mass is 416 g/mol. The molecule has 1 atom stereocenters. The lowest BCUT2D eigenvalue weighted by molar-refractivity contribution is 0.274. The smallest absolute Gasteiger partial charge is 0.236 e. The van der Waals surface area contributed by atoms with Crippen LogP contribution in [0, 0.1) is 5.82 Å². The van der Waals surface area contributed by atoms with Gasteiger partial charge in [0.25, 0.3) is 0 Å². The molecular formula is C18H19Cl2FN2O2S. The third kappa shape index (κ3) is 5.05. The molecule has 2 aromatic rings. The van der Waals surface area contributed by atoms with E-state index in [9.17, 15) is 12.8 Å². The molecule has 8 heteroatoms. The first-order valence-electron chi connectivity index (χ1n) is 7.87. The summed E-state index contributed by atoms with van der Waals surface area (Å²) >= 11 is 5.92. The summed E-state index contributed by atoms with van der Waals surface area (Å²) in [6.07, 6.45) is 1.52. The molecule has 4 nitrogen and oxygen atoms in total. The fourth-order valence-electron chi connectivity index (χ4n) is 2.84. The molecule has 0 spiro atoms. The van der Waals surface area contributed by atoms with Gasteiger partial charge in [0.1, 0.15) is 5.82 Å². The highest BCUT2D eigenvalue weighted by atomic mass is 35.5. The summed E-state index contributed by atoms with van der Waals surface area (Å²) in [4.78, 5) is 0. The summed E-state index contributed by atoms with van der Waals surface area (Å²) in [6, 6.07) is 12.6. The summed E-state index contributed by atoms with van der Waals surface area (Å²) in [6.45, 7) is 1.31. The van der Waals surface area contributed by atoms with Gasteiger partial charge in [0, 0.05) is 30.1 Å². The van der Waals surface area contributed by atoms with Gasteiger partial charge < -0.3 is 5.32 Å². The van der Waals surface area contributed by atoms with Crippen molar-refractivity contribution in [1.29, 1.82) is 0 Å². The average molecular weight is 417 g/mol. The van der Waals surface area contributed by atoms with E-state index < -0.39 is 16.1 Å². The normalized spacial score (nSPS) is 18.6. The number of piperazine rings is 1. The van der Waals surface area contributed by atoms with Crippen LogP contribution < -0.4 is 5.32 Å². The predicted octanol–water partition coefficient (Wildman–Crippen LogP) is 3.85. The number of benzene rings is 2. The zero-order valence-electron chi connectivity index (χ0n) is 13.8. The molecule has 1 N–H and O–H groups in total. The maximum atomic E-state index is 13.5. The van der Waals surface area contributed by atoms with E-state index in [1.165, 1.54) is 27.9 Å². The molecular weight excluding hydrogens is 398 g/mol. The number of sulfonamides is 1. The maximum Gasteiger partial charge on any atom is 0.236 e. The number of hydrogen-bond acceptors (Lipinski definition) is 3. The van der Waals surface area contributed by atoms with E-state index in [2.05, 4.69) is 5.32 Å². The Morgan fingerprint density at radius 2 is 1.96 bits per heavy atom. The highest BCUT2D eigenvalue weighted by molar-refractivity contribution is 7.92. The summed E-state index contributed by atoms with van der Waals surface area (Å²) in [5.41, 5.74) is 1.33. The van der Waals surface area contributed by atoms with Gasteiger partial charge in [0.15, 0.2) is 0 Å². The van der Waals surface area contributed by atoms with E-state index in [-0.39, 0.29) is 18.2 Å². The Morgan fingerprint density at radius 3 is 2.69 bits per heavy atom. The van der Waals surface area contributed by atoms with Crippen LogP contribution in [-0.2, 0) is 10.0 Å². The van der Waals surface area contributed by atoms with Crippen LogP contribution in [0.25, 0.3) is 6.08 Å². The van der Waals surface area contributed by atoms with Crippen molar-refractivity contribution in [2.45, 2.75) is 6.04 Å². The lowest BCUT2D eigenvalue weighted by Gasteiger charge is -2.34. The van der Waals surface area contributed by atoms with Crippen molar-refractivity contribution < 1.29 is 12.8 Å². The van der Waals surface area contributed by atoms with Gasteiger partial charge in [-0.1, -0.05) is 35.9 Å². The first kappa shape index (κ1) is 20.9. The van der Waals surface area contributed by atoms with E-state index in [0.717, 1.165) is 0 Å². The molecule has 0 saturated carbocycles. The highest BCUT2D eigenvalue weighted by Gasteiger charge is 2.31. The molecule has 0 amide bonds. The second-order valence-electron chi connectivity index (χ2n) is 5.79. The minimum absolute atomic E-state index is 0. The fraction of sp³-hybridized carbons (Fsp3) is 0.222. The Bertz CT molecular complexity index is 890. The summed E-state index contributed by atoms with van der Waals surface area (Å²) in [5.74, 6) is -0.380. The lowest BCUT2D eigenvalue weighted by Crippen LogP contribution is -2.48. The van der Waals surface area contributed by atoms with Crippen LogP contribution in [-0.4, -0.2) is 32.4 Å². The molecule has 1 heterocycles. The van der Waals surface area contributed by atoms with Crippen molar-refractivity contribution in [3.63, 3.8) is 0 Å². The van der Waals surface area contributed by atoms with Crippen molar-refractivity contribution in [2.24, 2.45) is 0 Å². The SMILES string of the molecule is Cl.O=S(=O)(/C=C/c1cccc(Cl)c1)N1CCNCC1c1cccc(F)c1. The van der Waals surface area contributed by atoms with E-state index in [4.69, 9.17) is 11.6 Å². The summed E-state index contributed by atoms with van der Waals surface area (Å²) in [7, 11) is -3.66. The Labute approximate surface area is 164 Å². The van der Waals surface area contributed by atoms with Crippen LogP contribution in [0.3, 0.4) is 0 Å². The predicted molar refractivity (Wildman–Crippen MR) is 105 cm³/mol. The molecule has 1 fully saturated rings. The molecule has 26 heavy (non-hydrogen) atoms. The second kappa shape index (κ2) is 8.97. The lowest BCUT2D eigenvalue weighted by atomic mass is 10.1. The molecule has 0 aliphatic carbocycles. The van der Waals surface area contributed by atoms with Crippen molar-refractivity contribution in [1.82, 2.24) is 9.62 Å². The van der Waals surface area contributed by atoms with Crippen LogP contribution >= 0.6 is 24.0 Å². The molecule has 1 saturated heterocycles. The maximum absolute atomic E-state index is 13.5. The van der Waals surface area contributed by atoms with E-state index in [1.54, 1.807) is 36.4 Å². The average Bonchev–Trinajstić information content (AvgIpc) is 2.60. The number of halogens is 3. The molecule has 1 unspecified atom stereocenters. The van der Waals surface area contributed by atoms with Crippen LogP contribution in [0.15, 0.2) is 53.9 Å². The zero-order valence-corrected chi connectivity index (χ0v) is 16.2. The Balaban J connectivity index is 0.00000243. The quantitative estimate of drug-likeness (QED) is 0.823. The fourth-order valence-corrected chi connectivity index (χ4v) is 4.42. The molecule has 1 aliphatic heterocycles. The Morgan fingerprint density at radius 1 is 1.19 bits per heavy atom. The van der Waals surface area contributed by atoms with Crippen LogP contribution in [0.2, 0.25) is 5.02 Å². The van der Waals surface area contributed by atoms with Crippen molar-refractivity contribution in [2.75, 3.05) is 19.6 Å². The largest absolute Gasteiger partial charge is 0.313 e. The first-order chi connectivity index (χ1) is 12.0. The molecule has 0 aromatic heterocycles. The highest BCUT2D eigenvalue weighted by Crippen LogP contribution is 2.26. The number of nitrogens with zero attached hydrogens (tertiary/aromatic N) is 1. The first-order valence-corrected chi connectivity index (χ1v) is 9.75. The standard InChI is InChI=1S/C18H18ClFN2O2S.ClH/c19-16-5-1-3-14(11-16)7-10-25(23,24)22-9-8-21-13-18(22)15-4-2-6-17(20)12-15;/h1-7,10-12,18,21H,8-9,13H2;1H/b10-7+;. The number of nitrogens with one attached hydrogen (secondary N) is 1. The van der Waals surface area contributed by atoms with Crippen LogP contribution in [0.5, 0.6) is 0 Å². The molecule has 1 aliphatic rings. The topological polar surface area (TPSA) is 49.4 Å². The van der Waals surface area contributed by atoms with Gasteiger partial charge in [-0.05, 0) is 41.5 Å². The van der Waals surface area contributed by atoms with Crippen LogP contribution in [0.1, 0.15) is 17.2 Å². The van der Waals surface area contributed by atoms with Crippen molar-refractivity contribution >= 4 is 40.1 Å². The van der Waals surface area contributed by atoms with Crippen molar-refractivity contribution in [3.8, 4) is 0 Å². The number of hydrogen-bond donors (Lipinski definition) is 1. The zero-order chi connectivity index (χ0) is 17.9. The van der Waals surface area contributed by atoms with Gasteiger partial charge in [0.05, 0.1) is 6.04 Å². The van der Waals surface area contributed by atoms with Gasteiger partial charge in [-0.25, -0.2) is 12.8 Å². The minimum Gasteiger partial charge on any atom is -0.313 e. The Kier molecular flexibility index (Phi) is 7.20. The summed E-state index contributed by atoms with van der Waals surface area (Å²) < 4.78 is 40.5. The van der Waals surface area contributed by atoms with E-state index in [1.807, 2.05) is 0 Å². The molecule has 0 radical (unpaired) electrons. The molecule has 0 bridgehead atoms. The van der Waals surface area contributed by atoms with Gasteiger partial charge in [0.2, 0.25) is 10.0 Å². The molecule has 2 aromatic carbocycles. The third-order valence-corrected chi connectivity index (χ3v) is 5.84.